The van der Waals surface area contributed by atoms with Crippen molar-refractivity contribution in [1.29, 1.82) is 0 Å². The molecule has 1 aliphatic rings. The first kappa shape index (κ1) is 17.7. The third kappa shape index (κ3) is 3.95. The number of hydrogen-bond acceptors (Lipinski definition) is 3. The van der Waals surface area contributed by atoms with Gasteiger partial charge in [0.05, 0.1) is 16.6 Å². The molecule has 1 saturated carbocycles. The van der Waals surface area contributed by atoms with Crippen molar-refractivity contribution in [2.75, 3.05) is 11.9 Å². The van der Waals surface area contributed by atoms with Crippen molar-refractivity contribution in [3.63, 3.8) is 0 Å². The number of aliphatic hydroxyl groups is 1. The van der Waals surface area contributed by atoms with E-state index in [1.54, 1.807) is 0 Å². The van der Waals surface area contributed by atoms with E-state index in [1.165, 1.54) is 6.42 Å². The first-order chi connectivity index (χ1) is 12.0. The third-order valence-corrected chi connectivity index (χ3v) is 5.08. The third-order valence-electron chi connectivity index (χ3n) is 5.08. The molecule has 3 N–H and O–H groups in total. The van der Waals surface area contributed by atoms with Crippen LogP contribution in [0.3, 0.4) is 0 Å². The lowest BCUT2D eigenvalue weighted by molar-refractivity contribution is 0.00755. The van der Waals surface area contributed by atoms with Crippen molar-refractivity contribution in [2.24, 2.45) is 0 Å². The molecule has 1 aliphatic carbocycles. The van der Waals surface area contributed by atoms with Gasteiger partial charge in [-0.3, -0.25) is 0 Å². The summed E-state index contributed by atoms with van der Waals surface area (Å²) >= 11 is 0. The summed E-state index contributed by atoms with van der Waals surface area (Å²) in [6, 6.07) is 5.50. The summed E-state index contributed by atoms with van der Waals surface area (Å²) in [6.45, 7) is 5.38. The van der Waals surface area contributed by atoms with Gasteiger partial charge in [0.2, 0.25) is 0 Å². The fourth-order valence-corrected chi connectivity index (χ4v) is 3.69. The number of fused-ring (bicyclic) bond motifs is 1. The van der Waals surface area contributed by atoms with Crippen LogP contribution in [0.1, 0.15) is 51.8 Å². The average Bonchev–Trinajstić information content (AvgIpc) is 2.97. The van der Waals surface area contributed by atoms with E-state index in [0.717, 1.165) is 55.5 Å². The number of urea groups is 1. The Kier molecular flexibility index (Phi) is 5.27. The quantitative estimate of drug-likeness (QED) is 0.777. The van der Waals surface area contributed by atoms with Crippen molar-refractivity contribution in [3.05, 3.63) is 24.0 Å². The van der Waals surface area contributed by atoms with Gasteiger partial charge in [-0.25, -0.2) is 9.78 Å². The average molecular weight is 344 g/mol. The Labute approximate surface area is 148 Å². The molecule has 1 aromatic heterocycles. The van der Waals surface area contributed by atoms with Crippen molar-refractivity contribution in [1.82, 2.24) is 14.9 Å². The van der Waals surface area contributed by atoms with Gasteiger partial charge < -0.3 is 20.3 Å². The van der Waals surface area contributed by atoms with Gasteiger partial charge in [-0.15, -0.1) is 0 Å². The van der Waals surface area contributed by atoms with Crippen molar-refractivity contribution < 1.29 is 9.90 Å². The van der Waals surface area contributed by atoms with Crippen LogP contribution < -0.4 is 10.6 Å². The number of nitrogens with zero attached hydrogens (tertiary/aromatic N) is 2. The van der Waals surface area contributed by atoms with Crippen LogP contribution in [0, 0.1) is 0 Å². The maximum atomic E-state index is 12.2. The number of carbonyl (C=O) groups is 1. The van der Waals surface area contributed by atoms with Crippen LogP contribution in [0.4, 0.5) is 10.5 Å². The van der Waals surface area contributed by atoms with Crippen LogP contribution in [0.15, 0.2) is 18.2 Å². The van der Waals surface area contributed by atoms with E-state index in [-0.39, 0.29) is 6.03 Å². The SMILES string of the molecule is CCc1nc2cc(NC(=O)NCC3(O)CCCCC3)ccc2n1CC. The summed E-state index contributed by atoms with van der Waals surface area (Å²) in [7, 11) is 0. The maximum absolute atomic E-state index is 12.2. The van der Waals surface area contributed by atoms with E-state index < -0.39 is 5.60 Å². The van der Waals surface area contributed by atoms with Gasteiger partial charge in [0, 0.05) is 25.2 Å². The number of aryl methyl sites for hydroxylation is 2. The molecule has 0 unspecified atom stereocenters. The molecule has 2 amide bonds. The maximum Gasteiger partial charge on any atom is 0.319 e. The van der Waals surface area contributed by atoms with Crippen LogP contribution in [0.5, 0.6) is 0 Å². The highest BCUT2D eigenvalue weighted by Gasteiger charge is 2.29. The van der Waals surface area contributed by atoms with Crippen LogP contribution in [-0.2, 0) is 13.0 Å². The van der Waals surface area contributed by atoms with Crippen molar-refractivity contribution in [3.8, 4) is 0 Å². The normalized spacial score (nSPS) is 16.8. The number of nitrogens with one attached hydrogen (secondary N) is 2. The fourth-order valence-electron chi connectivity index (χ4n) is 3.69. The van der Waals surface area contributed by atoms with Gasteiger partial charge in [-0.1, -0.05) is 26.2 Å². The molecule has 1 heterocycles. The largest absolute Gasteiger partial charge is 0.388 e. The molecule has 0 saturated heterocycles. The highest BCUT2D eigenvalue weighted by Crippen LogP contribution is 2.27. The fraction of sp³-hybridized carbons (Fsp3) is 0.579. The Morgan fingerprint density at radius 3 is 2.72 bits per heavy atom. The van der Waals surface area contributed by atoms with E-state index in [0.29, 0.717) is 12.2 Å². The summed E-state index contributed by atoms with van der Waals surface area (Å²) in [5, 5.41) is 16.1. The Balaban J connectivity index is 1.65. The molecule has 6 heteroatoms. The monoisotopic (exact) mass is 344 g/mol. The number of amides is 2. The molecule has 1 aromatic carbocycles. The molecule has 0 atom stereocenters. The first-order valence-electron chi connectivity index (χ1n) is 9.31. The van der Waals surface area contributed by atoms with E-state index in [2.05, 4.69) is 34.0 Å². The van der Waals surface area contributed by atoms with Gasteiger partial charge in [-0.05, 0) is 38.0 Å². The molecule has 25 heavy (non-hydrogen) atoms. The Morgan fingerprint density at radius 2 is 2.04 bits per heavy atom. The molecule has 1 fully saturated rings. The Hall–Kier alpha value is -2.08. The lowest BCUT2D eigenvalue weighted by Crippen LogP contribution is -2.45. The Bertz CT molecular complexity index is 747. The number of benzene rings is 1. The number of anilines is 1. The van der Waals surface area contributed by atoms with Crippen LogP contribution in [0.25, 0.3) is 11.0 Å². The van der Waals surface area contributed by atoms with Crippen LogP contribution >= 0.6 is 0 Å². The van der Waals surface area contributed by atoms with E-state index in [4.69, 9.17) is 0 Å². The zero-order valence-corrected chi connectivity index (χ0v) is 15.1. The second-order valence-corrected chi connectivity index (χ2v) is 6.92. The van der Waals surface area contributed by atoms with Crippen molar-refractivity contribution in [2.45, 2.75) is 64.5 Å². The van der Waals surface area contributed by atoms with Gasteiger partial charge in [0.25, 0.3) is 0 Å². The second kappa shape index (κ2) is 7.44. The number of carbonyl (C=O) groups excluding carboxylic acids is 1. The number of hydrogen-bond donors (Lipinski definition) is 3. The summed E-state index contributed by atoms with van der Waals surface area (Å²) in [4.78, 5) is 16.8. The van der Waals surface area contributed by atoms with E-state index in [1.807, 2.05) is 18.2 Å². The zero-order chi connectivity index (χ0) is 17.9. The lowest BCUT2D eigenvalue weighted by atomic mass is 9.85. The molecule has 2 aromatic rings. The zero-order valence-electron chi connectivity index (χ0n) is 15.1. The molecular formula is C19H28N4O2. The molecular weight excluding hydrogens is 316 g/mol. The summed E-state index contributed by atoms with van der Waals surface area (Å²) < 4.78 is 2.19. The standard InChI is InChI=1S/C19H28N4O2/c1-3-17-22-15-12-14(8-9-16(15)23(17)4-2)21-18(24)20-13-19(25)10-6-5-7-11-19/h8-9,12,25H,3-7,10-11,13H2,1-2H3,(H2,20,21,24). The van der Waals surface area contributed by atoms with E-state index >= 15 is 0 Å². The minimum Gasteiger partial charge on any atom is -0.388 e. The first-order valence-corrected chi connectivity index (χ1v) is 9.31. The minimum atomic E-state index is -0.754. The van der Waals surface area contributed by atoms with E-state index in [9.17, 15) is 9.90 Å². The van der Waals surface area contributed by atoms with Gasteiger partial charge in [0.1, 0.15) is 5.82 Å². The van der Waals surface area contributed by atoms with Crippen LogP contribution in [-0.4, -0.2) is 32.8 Å². The van der Waals surface area contributed by atoms with Gasteiger partial charge >= 0.3 is 6.03 Å². The number of imidazole rings is 1. The highest BCUT2D eigenvalue weighted by molar-refractivity contribution is 5.92. The molecule has 3 rings (SSSR count). The Morgan fingerprint density at radius 1 is 1.28 bits per heavy atom. The number of aromatic nitrogens is 2. The lowest BCUT2D eigenvalue weighted by Gasteiger charge is -2.32. The number of rotatable bonds is 5. The van der Waals surface area contributed by atoms with Gasteiger partial charge in [0.15, 0.2) is 0 Å². The summed E-state index contributed by atoms with van der Waals surface area (Å²) in [6.07, 6.45) is 5.61. The smallest absolute Gasteiger partial charge is 0.319 e. The molecule has 0 aliphatic heterocycles. The summed E-state index contributed by atoms with van der Waals surface area (Å²) in [5.41, 5.74) is 1.93. The van der Waals surface area contributed by atoms with Crippen molar-refractivity contribution >= 4 is 22.8 Å². The minimum absolute atomic E-state index is 0.288. The molecule has 0 bridgehead atoms. The summed E-state index contributed by atoms with van der Waals surface area (Å²) in [5.74, 6) is 1.05. The molecule has 0 radical (unpaired) electrons. The second-order valence-electron chi connectivity index (χ2n) is 6.92. The van der Waals surface area contributed by atoms with Crippen LogP contribution in [0.2, 0.25) is 0 Å². The molecule has 136 valence electrons. The highest BCUT2D eigenvalue weighted by atomic mass is 16.3. The predicted octanol–water partition coefficient (Wildman–Crippen LogP) is 3.44. The topological polar surface area (TPSA) is 79.2 Å². The molecule has 6 nitrogen and oxygen atoms in total. The van der Waals surface area contributed by atoms with Gasteiger partial charge in [-0.2, -0.15) is 0 Å². The predicted molar refractivity (Wildman–Crippen MR) is 99.8 cm³/mol. The molecule has 0 spiro atoms.